The van der Waals surface area contributed by atoms with E-state index in [0.717, 1.165) is 49.8 Å². The number of carbonyl (C=O) groups is 2. The van der Waals surface area contributed by atoms with Crippen LogP contribution in [0.2, 0.25) is 0 Å². The van der Waals surface area contributed by atoms with Crippen LogP contribution >= 0.6 is 11.8 Å². The van der Waals surface area contributed by atoms with E-state index in [2.05, 4.69) is 41.0 Å². The SMILES string of the molecule is COc1ccccc1SC[C@@H]1C[C@H](c2ccc(CO)cc2)O[C@H](c2ccc(-c3cccc(CNC(=O)CCCCC(=O)Nc4ccccc4N)c3)cc2)O1. The van der Waals surface area contributed by atoms with E-state index in [1.165, 1.54) is 0 Å². The van der Waals surface area contributed by atoms with Gasteiger partial charge in [0.2, 0.25) is 11.8 Å². The van der Waals surface area contributed by atoms with Crippen molar-refractivity contribution < 1.29 is 28.9 Å². The molecule has 2 amide bonds. The fourth-order valence-corrected chi connectivity index (χ4v) is 7.37. The number of anilines is 2. The summed E-state index contributed by atoms with van der Waals surface area (Å²) < 4.78 is 18.7. The van der Waals surface area contributed by atoms with Crippen LogP contribution in [0.1, 0.15) is 66.8 Å². The van der Waals surface area contributed by atoms with Crippen LogP contribution in [0.15, 0.2) is 126 Å². The van der Waals surface area contributed by atoms with Crippen LogP contribution in [0.3, 0.4) is 0 Å². The number of para-hydroxylation sites is 3. The van der Waals surface area contributed by atoms with Crippen LogP contribution in [0.4, 0.5) is 11.4 Å². The van der Waals surface area contributed by atoms with Gasteiger partial charge in [0.05, 0.1) is 37.3 Å². The van der Waals surface area contributed by atoms with Crippen molar-refractivity contribution in [3.05, 3.63) is 144 Å². The minimum atomic E-state index is -0.558. The van der Waals surface area contributed by atoms with Gasteiger partial charge >= 0.3 is 0 Å². The van der Waals surface area contributed by atoms with Crippen molar-refractivity contribution in [1.29, 1.82) is 0 Å². The van der Waals surface area contributed by atoms with Gasteiger partial charge in [0.25, 0.3) is 0 Å². The average molecular weight is 746 g/mol. The normalized spacial score (nSPS) is 16.7. The zero-order chi connectivity index (χ0) is 37.7. The maximum Gasteiger partial charge on any atom is 0.224 e. The molecule has 0 aliphatic carbocycles. The monoisotopic (exact) mass is 745 g/mol. The highest BCUT2D eigenvalue weighted by Crippen LogP contribution is 2.41. The van der Waals surface area contributed by atoms with Gasteiger partial charge in [-0.05, 0) is 71.0 Å². The van der Waals surface area contributed by atoms with Gasteiger partial charge in [-0.15, -0.1) is 11.8 Å². The van der Waals surface area contributed by atoms with Crippen molar-refractivity contribution in [2.75, 3.05) is 23.9 Å². The first-order valence-electron chi connectivity index (χ1n) is 18.2. The Kier molecular flexibility index (Phi) is 13.8. The average Bonchev–Trinajstić information content (AvgIpc) is 3.22. The molecule has 1 heterocycles. The molecule has 280 valence electrons. The lowest BCUT2D eigenvalue weighted by atomic mass is 9.99. The number of thioether (sulfide) groups is 1. The quantitative estimate of drug-likeness (QED) is 0.0449. The van der Waals surface area contributed by atoms with Crippen molar-refractivity contribution in [2.24, 2.45) is 0 Å². The first-order valence-corrected chi connectivity index (χ1v) is 19.2. The molecule has 5 aromatic rings. The predicted molar refractivity (Wildman–Crippen MR) is 214 cm³/mol. The third-order valence-corrected chi connectivity index (χ3v) is 10.5. The minimum Gasteiger partial charge on any atom is -0.496 e. The van der Waals surface area contributed by atoms with E-state index < -0.39 is 6.29 Å². The third kappa shape index (κ3) is 10.7. The summed E-state index contributed by atoms with van der Waals surface area (Å²) in [5.41, 5.74) is 12.9. The molecule has 10 heteroatoms. The molecular formula is C44H47N3O6S. The van der Waals surface area contributed by atoms with Crippen molar-refractivity contribution >= 4 is 35.0 Å². The standard InChI is InChI=1S/C44H47N3O6S/c1-51-39-13-4-5-14-41(39)54-29-36-26-40(33-19-17-30(28-48)18-20-33)53-44(52-36)34-23-21-32(22-24-34)35-10-8-9-31(25-35)27-46-42(49)15-6-7-16-43(50)47-38-12-3-2-11-37(38)45/h2-5,8-14,17-25,36,40,44,48H,6-7,15-16,26-29,45H2,1H3,(H,46,49)(H,47,50)/t36-,40+,44+/m0/s1. The van der Waals surface area contributed by atoms with Crippen molar-refractivity contribution in [3.63, 3.8) is 0 Å². The number of hydrogen-bond acceptors (Lipinski definition) is 8. The molecule has 0 bridgehead atoms. The van der Waals surface area contributed by atoms with Crippen LogP contribution in [0.25, 0.3) is 11.1 Å². The Morgan fingerprint density at radius 2 is 1.52 bits per heavy atom. The minimum absolute atomic E-state index is 0.00479. The number of ether oxygens (including phenoxy) is 3. The maximum atomic E-state index is 12.6. The number of nitrogens with two attached hydrogens (primary N) is 1. The van der Waals surface area contributed by atoms with Crippen LogP contribution < -0.4 is 21.1 Å². The molecule has 1 saturated heterocycles. The van der Waals surface area contributed by atoms with E-state index >= 15 is 0 Å². The number of methoxy groups -OCH3 is 1. The van der Waals surface area contributed by atoms with Crippen molar-refractivity contribution in [1.82, 2.24) is 5.32 Å². The van der Waals surface area contributed by atoms with Crippen molar-refractivity contribution in [2.45, 2.75) is 68.6 Å². The second kappa shape index (κ2) is 19.3. The summed E-state index contributed by atoms with van der Waals surface area (Å²) in [7, 11) is 1.68. The number of benzene rings is 5. The predicted octanol–water partition coefficient (Wildman–Crippen LogP) is 8.59. The highest BCUT2D eigenvalue weighted by atomic mass is 32.2. The number of aliphatic hydroxyl groups is 1. The lowest BCUT2D eigenvalue weighted by Gasteiger charge is -2.36. The highest BCUT2D eigenvalue weighted by Gasteiger charge is 2.32. The second-order valence-corrected chi connectivity index (χ2v) is 14.3. The molecule has 54 heavy (non-hydrogen) atoms. The van der Waals surface area contributed by atoms with Gasteiger partial charge in [-0.1, -0.05) is 91.0 Å². The lowest BCUT2D eigenvalue weighted by Crippen LogP contribution is -2.31. The molecule has 0 unspecified atom stereocenters. The number of carbonyl (C=O) groups excluding carboxylic acids is 2. The molecule has 9 nitrogen and oxygen atoms in total. The molecule has 1 aliphatic rings. The number of rotatable bonds is 16. The van der Waals surface area contributed by atoms with Gasteiger partial charge in [0.1, 0.15) is 5.75 Å². The Hall–Kier alpha value is -5.13. The molecule has 1 fully saturated rings. The first kappa shape index (κ1) is 38.6. The van der Waals surface area contributed by atoms with Gasteiger partial charge < -0.3 is 35.7 Å². The number of nitrogen functional groups attached to an aromatic ring is 1. The van der Waals surface area contributed by atoms with Crippen LogP contribution in [-0.2, 0) is 32.2 Å². The summed E-state index contributed by atoms with van der Waals surface area (Å²) >= 11 is 1.71. The fraction of sp³-hybridized carbons (Fsp3) is 0.273. The Bertz CT molecular complexity index is 1990. The van der Waals surface area contributed by atoms with E-state index in [1.807, 2.05) is 78.9 Å². The summed E-state index contributed by atoms with van der Waals surface area (Å²) in [6.07, 6.45) is 1.78. The molecule has 1 aliphatic heterocycles. The third-order valence-electron chi connectivity index (χ3n) is 9.33. The molecule has 5 N–H and O–H groups in total. The number of amides is 2. The molecule has 6 rings (SSSR count). The first-order chi connectivity index (χ1) is 26.4. The highest BCUT2D eigenvalue weighted by molar-refractivity contribution is 7.99. The number of hydrogen-bond donors (Lipinski definition) is 4. The molecule has 5 aromatic carbocycles. The summed E-state index contributed by atoms with van der Waals surface area (Å²) in [6.45, 7) is 0.409. The second-order valence-electron chi connectivity index (χ2n) is 13.3. The molecule has 0 saturated carbocycles. The summed E-state index contributed by atoms with van der Waals surface area (Å²) in [5, 5.41) is 15.4. The van der Waals surface area contributed by atoms with E-state index in [0.29, 0.717) is 50.0 Å². The number of unbranched alkanes of at least 4 members (excludes halogenated alkanes) is 1. The molecular weight excluding hydrogens is 699 g/mol. The number of aliphatic hydroxyl groups excluding tert-OH is 1. The smallest absolute Gasteiger partial charge is 0.224 e. The Morgan fingerprint density at radius 1 is 0.796 bits per heavy atom. The zero-order valence-electron chi connectivity index (χ0n) is 30.4. The molecule has 0 radical (unpaired) electrons. The van der Waals surface area contributed by atoms with E-state index in [4.69, 9.17) is 19.9 Å². The van der Waals surface area contributed by atoms with Crippen LogP contribution in [-0.4, -0.2) is 35.9 Å². The van der Waals surface area contributed by atoms with Gasteiger partial charge in [-0.2, -0.15) is 0 Å². The zero-order valence-corrected chi connectivity index (χ0v) is 31.2. The van der Waals surface area contributed by atoms with Gasteiger partial charge in [0.15, 0.2) is 6.29 Å². The number of nitrogens with one attached hydrogen (secondary N) is 2. The van der Waals surface area contributed by atoms with Crippen LogP contribution in [0, 0.1) is 0 Å². The topological polar surface area (TPSA) is 132 Å². The lowest BCUT2D eigenvalue weighted by molar-refractivity contribution is -0.245. The Morgan fingerprint density at radius 3 is 2.28 bits per heavy atom. The van der Waals surface area contributed by atoms with Gasteiger partial charge in [-0.3, -0.25) is 9.59 Å². The molecule has 3 atom stereocenters. The summed E-state index contributed by atoms with van der Waals surface area (Å²) in [5.74, 6) is 1.41. The largest absolute Gasteiger partial charge is 0.496 e. The fourth-order valence-electron chi connectivity index (χ4n) is 6.32. The molecule has 0 aromatic heterocycles. The van der Waals surface area contributed by atoms with Gasteiger partial charge in [0, 0.05) is 42.0 Å². The summed E-state index contributed by atoms with van der Waals surface area (Å²) in [6, 6.07) is 39.4. The van der Waals surface area contributed by atoms with E-state index in [1.54, 1.807) is 31.0 Å². The van der Waals surface area contributed by atoms with Crippen molar-refractivity contribution in [3.8, 4) is 16.9 Å². The Labute approximate surface area is 321 Å². The Balaban J connectivity index is 1.03. The van der Waals surface area contributed by atoms with E-state index in [9.17, 15) is 14.7 Å². The van der Waals surface area contributed by atoms with E-state index in [-0.39, 0.29) is 30.6 Å². The molecule has 0 spiro atoms. The van der Waals surface area contributed by atoms with Gasteiger partial charge in [-0.25, -0.2) is 0 Å². The maximum absolute atomic E-state index is 12.6. The van der Waals surface area contributed by atoms with Crippen LogP contribution in [0.5, 0.6) is 5.75 Å². The summed E-state index contributed by atoms with van der Waals surface area (Å²) in [4.78, 5) is 25.9.